The summed E-state index contributed by atoms with van der Waals surface area (Å²) in [5, 5.41) is 3.82. The maximum atomic E-state index is 4.89. The van der Waals surface area contributed by atoms with Crippen LogP contribution in [-0.4, -0.2) is 14.5 Å². The second kappa shape index (κ2) is 6.44. The summed E-state index contributed by atoms with van der Waals surface area (Å²) in [6.07, 6.45) is 7.36. The molecule has 3 aromatic heterocycles. The molecule has 0 bridgehead atoms. The van der Waals surface area contributed by atoms with Crippen LogP contribution >= 0.6 is 0 Å². The molecule has 7 rings (SSSR count). The molecule has 0 amide bonds. The van der Waals surface area contributed by atoms with Crippen LogP contribution < -0.4 is 0 Å². The smallest absolute Gasteiger partial charge is 0.111 e. The Hall–Kier alpha value is -4.11. The van der Waals surface area contributed by atoms with E-state index in [2.05, 4.69) is 107 Å². The molecule has 3 heteroatoms. The predicted octanol–water partition coefficient (Wildman–Crippen LogP) is 6.68. The highest BCUT2D eigenvalue weighted by Crippen LogP contribution is 2.43. The summed E-state index contributed by atoms with van der Waals surface area (Å²) in [6.45, 7) is 0. The van der Waals surface area contributed by atoms with Crippen molar-refractivity contribution in [2.45, 2.75) is 12.0 Å². The zero-order valence-corrected chi connectivity index (χ0v) is 17.5. The van der Waals surface area contributed by atoms with E-state index in [1.54, 1.807) is 0 Å². The van der Waals surface area contributed by atoms with Gasteiger partial charge in [-0.1, -0.05) is 72.8 Å². The molecule has 3 nitrogen and oxygen atoms in total. The van der Waals surface area contributed by atoms with Crippen LogP contribution in [0, 0.1) is 0 Å². The van der Waals surface area contributed by atoms with Gasteiger partial charge >= 0.3 is 0 Å². The van der Waals surface area contributed by atoms with Crippen molar-refractivity contribution in [2.24, 2.45) is 0 Å². The largest absolute Gasteiger partial charge is 0.358 e. The number of H-pyrrole nitrogens is 1. The zero-order chi connectivity index (χ0) is 21.1. The van der Waals surface area contributed by atoms with E-state index in [4.69, 9.17) is 4.98 Å². The van der Waals surface area contributed by atoms with Gasteiger partial charge < -0.3 is 9.55 Å². The number of nitrogens with one attached hydrogen (secondary N) is 1. The minimum Gasteiger partial charge on any atom is -0.358 e. The minimum absolute atomic E-state index is 0.433. The fourth-order valence-electron chi connectivity index (χ4n) is 5.51. The minimum atomic E-state index is -0.433. The lowest BCUT2D eigenvalue weighted by atomic mass is 9.82. The number of rotatable bonds is 2. The van der Waals surface area contributed by atoms with Gasteiger partial charge in [-0.15, -0.1) is 0 Å². The van der Waals surface area contributed by atoms with E-state index < -0.39 is 5.54 Å². The number of fused-ring (bicyclic) bond motifs is 6. The number of aromatic nitrogens is 3. The molecule has 1 aliphatic carbocycles. The number of pyridine rings is 1. The molecule has 0 radical (unpaired) electrons. The number of hydrogen-bond donors (Lipinski definition) is 1. The Balaban J connectivity index is 1.60. The van der Waals surface area contributed by atoms with Crippen LogP contribution in [0.15, 0.2) is 103 Å². The van der Waals surface area contributed by atoms with Crippen LogP contribution in [0.1, 0.15) is 17.0 Å². The van der Waals surface area contributed by atoms with Crippen molar-refractivity contribution in [2.75, 3.05) is 0 Å². The van der Waals surface area contributed by atoms with Gasteiger partial charge in [0.2, 0.25) is 0 Å². The highest BCUT2D eigenvalue weighted by Gasteiger charge is 2.39. The summed E-state index contributed by atoms with van der Waals surface area (Å²) >= 11 is 0. The van der Waals surface area contributed by atoms with Gasteiger partial charge in [-0.05, 0) is 30.3 Å². The van der Waals surface area contributed by atoms with Gasteiger partial charge in [0.25, 0.3) is 0 Å². The summed E-state index contributed by atoms with van der Waals surface area (Å²) in [5.41, 5.74) is 6.78. The Kier molecular flexibility index (Phi) is 3.54. The number of aromatic amines is 1. The molecule has 3 heterocycles. The third kappa shape index (κ3) is 2.28. The zero-order valence-electron chi connectivity index (χ0n) is 17.5. The molecule has 0 aliphatic heterocycles. The Bertz CT molecular complexity index is 1600. The molecule has 0 fully saturated rings. The molecule has 1 aliphatic rings. The third-order valence-electron chi connectivity index (χ3n) is 6.89. The molecule has 3 aromatic carbocycles. The van der Waals surface area contributed by atoms with Crippen molar-refractivity contribution in [1.29, 1.82) is 0 Å². The fourth-order valence-corrected chi connectivity index (χ4v) is 5.51. The lowest BCUT2D eigenvalue weighted by Crippen LogP contribution is -2.37. The molecule has 6 aromatic rings. The number of para-hydroxylation sites is 3. The first-order chi connectivity index (χ1) is 15.9. The molecule has 0 saturated heterocycles. The molecule has 0 saturated carbocycles. The second-order valence-electron chi connectivity index (χ2n) is 8.58. The van der Waals surface area contributed by atoms with Crippen molar-refractivity contribution in [1.82, 2.24) is 14.5 Å². The molecule has 152 valence electrons. The summed E-state index contributed by atoms with van der Waals surface area (Å²) in [7, 11) is 0. The maximum Gasteiger partial charge on any atom is 0.111 e. The van der Waals surface area contributed by atoms with Crippen LogP contribution in [0.25, 0.3) is 38.8 Å². The van der Waals surface area contributed by atoms with E-state index in [9.17, 15) is 0 Å². The average Bonchev–Trinajstić information content (AvgIpc) is 3.40. The standard InChI is InChI=1S/C29H21N3/c1-4-12-24-20(9-1)21-16-17-29(19-25(21)31-24,28-15-7-8-18-30-28)32-26-13-5-2-10-22(26)23-11-3-6-14-27(23)32/h1-18,31H,19H2. The van der Waals surface area contributed by atoms with Crippen molar-refractivity contribution < 1.29 is 0 Å². The lowest BCUT2D eigenvalue weighted by Gasteiger charge is -2.36. The van der Waals surface area contributed by atoms with E-state index in [0.29, 0.717) is 0 Å². The maximum absolute atomic E-state index is 4.89. The van der Waals surface area contributed by atoms with Gasteiger partial charge in [0.15, 0.2) is 0 Å². The topological polar surface area (TPSA) is 33.6 Å². The van der Waals surface area contributed by atoms with Gasteiger partial charge in [0.1, 0.15) is 5.54 Å². The van der Waals surface area contributed by atoms with E-state index >= 15 is 0 Å². The average molecular weight is 412 g/mol. The molecule has 1 N–H and O–H groups in total. The molecule has 0 spiro atoms. The van der Waals surface area contributed by atoms with Crippen LogP contribution in [0.5, 0.6) is 0 Å². The molecular formula is C29H21N3. The van der Waals surface area contributed by atoms with Crippen molar-refractivity contribution >= 4 is 38.8 Å². The van der Waals surface area contributed by atoms with Gasteiger partial charge in [-0.2, -0.15) is 0 Å². The van der Waals surface area contributed by atoms with Gasteiger partial charge in [0, 0.05) is 45.6 Å². The Labute approximate surface area is 185 Å². The number of benzene rings is 3. The Morgan fingerprint density at radius 2 is 1.38 bits per heavy atom. The van der Waals surface area contributed by atoms with Gasteiger partial charge in [0.05, 0.1) is 16.7 Å². The molecule has 1 unspecified atom stereocenters. The third-order valence-corrected chi connectivity index (χ3v) is 6.89. The normalized spacial score (nSPS) is 17.9. The molecule has 1 atom stereocenters. The monoisotopic (exact) mass is 411 g/mol. The van der Waals surface area contributed by atoms with Crippen molar-refractivity contribution in [3.8, 4) is 0 Å². The SMILES string of the molecule is C1=CC(c2ccccn2)(n2c3ccccc3c3ccccc32)Cc2[nH]c3ccccc3c21. The Morgan fingerprint density at radius 3 is 2.09 bits per heavy atom. The van der Waals surface area contributed by atoms with Crippen LogP contribution in [-0.2, 0) is 12.0 Å². The highest BCUT2D eigenvalue weighted by molar-refractivity contribution is 6.08. The van der Waals surface area contributed by atoms with E-state index in [0.717, 1.165) is 12.1 Å². The van der Waals surface area contributed by atoms with E-state index in [-0.39, 0.29) is 0 Å². The summed E-state index contributed by atoms with van der Waals surface area (Å²) in [6, 6.07) is 32.2. The number of hydrogen-bond acceptors (Lipinski definition) is 1. The first-order valence-electron chi connectivity index (χ1n) is 11.0. The van der Waals surface area contributed by atoms with E-state index in [1.165, 1.54) is 44.0 Å². The van der Waals surface area contributed by atoms with Crippen LogP contribution in [0.2, 0.25) is 0 Å². The van der Waals surface area contributed by atoms with E-state index in [1.807, 2.05) is 12.3 Å². The molecule has 32 heavy (non-hydrogen) atoms. The number of nitrogens with zero attached hydrogens (tertiary/aromatic N) is 2. The first-order valence-corrected chi connectivity index (χ1v) is 11.0. The van der Waals surface area contributed by atoms with Gasteiger partial charge in [-0.25, -0.2) is 0 Å². The van der Waals surface area contributed by atoms with Gasteiger partial charge in [-0.3, -0.25) is 4.98 Å². The first kappa shape index (κ1) is 17.6. The predicted molar refractivity (Wildman–Crippen MR) is 132 cm³/mol. The molecular weight excluding hydrogens is 390 g/mol. The summed E-state index contributed by atoms with van der Waals surface area (Å²) in [5.74, 6) is 0. The van der Waals surface area contributed by atoms with Crippen molar-refractivity contribution in [3.63, 3.8) is 0 Å². The van der Waals surface area contributed by atoms with Crippen LogP contribution in [0.4, 0.5) is 0 Å². The van der Waals surface area contributed by atoms with Crippen molar-refractivity contribution in [3.05, 3.63) is 120 Å². The highest BCUT2D eigenvalue weighted by atomic mass is 15.1. The summed E-state index contributed by atoms with van der Waals surface area (Å²) in [4.78, 5) is 8.59. The lowest BCUT2D eigenvalue weighted by molar-refractivity contribution is 0.452. The Morgan fingerprint density at radius 1 is 0.719 bits per heavy atom. The quantitative estimate of drug-likeness (QED) is 0.339. The number of allylic oxidation sites excluding steroid dienone is 1. The summed E-state index contributed by atoms with van der Waals surface area (Å²) < 4.78 is 2.49. The fraction of sp³-hybridized carbons (Fsp3) is 0.0690. The van der Waals surface area contributed by atoms with Crippen LogP contribution in [0.3, 0.4) is 0 Å². The second-order valence-corrected chi connectivity index (χ2v) is 8.58.